The lowest BCUT2D eigenvalue weighted by Crippen LogP contribution is -2.23. The van der Waals surface area contributed by atoms with Crippen molar-refractivity contribution in [2.24, 2.45) is 0 Å². The van der Waals surface area contributed by atoms with Crippen LogP contribution in [-0.2, 0) is 0 Å². The average Bonchev–Trinajstić information content (AvgIpc) is 2.70. The molecule has 0 aliphatic heterocycles. The molecule has 2 aromatic heterocycles. The molecule has 6 nitrogen and oxygen atoms in total. The number of hydrogen-bond acceptors (Lipinski definition) is 4. The van der Waals surface area contributed by atoms with Crippen LogP contribution in [0.25, 0.3) is 21.4 Å². The third-order valence-electron chi connectivity index (χ3n) is 4.24. The van der Waals surface area contributed by atoms with Gasteiger partial charge in [0.2, 0.25) is 5.95 Å². The van der Waals surface area contributed by atoms with Crippen LogP contribution in [0.2, 0.25) is 5.02 Å². The Morgan fingerprint density at radius 2 is 2.04 bits per heavy atom. The maximum atomic E-state index is 13.4. The molecule has 7 heteroatoms. The van der Waals surface area contributed by atoms with E-state index in [9.17, 15) is 4.79 Å². The molecular formula is C21H14ClN5O. The zero-order chi connectivity index (χ0) is 19.7. The number of anilines is 2. The lowest BCUT2D eigenvalue weighted by atomic mass is 10.2. The second-order valence-electron chi connectivity index (χ2n) is 6.21. The molecule has 0 radical (unpaired) electrons. The van der Waals surface area contributed by atoms with E-state index >= 15 is 0 Å². The zero-order valence-electron chi connectivity index (χ0n) is 14.8. The summed E-state index contributed by atoms with van der Waals surface area (Å²) in [6.45, 7) is 9.14. The minimum absolute atomic E-state index is 0.312. The molecule has 2 heterocycles. The van der Waals surface area contributed by atoms with E-state index in [0.717, 1.165) is 5.56 Å². The van der Waals surface area contributed by atoms with Crippen molar-refractivity contribution in [1.82, 2.24) is 14.5 Å². The quantitative estimate of drug-likeness (QED) is 0.500. The predicted molar refractivity (Wildman–Crippen MR) is 111 cm³/mol. The molecule has 0 bridgehead atoms. The molecule has 2 aromatic carbocycles. The minimum Gasteiger partial charge on any atom is -0.324 e. The first-order valence-corrected chi connectivity index (χ1v) is 8.82. The third kappa shape index (κ3) is 3.20. The van der Waals surface area contributed by atoms with Crippen LogP contribution in [0.15, 0.2) is 65.7 Å². The van der Waals surface area contributed by atoms with Gasteiger partial charge in [-0.05, 0) is 48.9 Å². The van der Waals surface area contributed by atoms with E-state index in [-0.39, 0.29) is 5.56 Å². The van der Waals surface area contributed by atoms with E-state index < -0.39 is 0 Å². The van der Waals surface area contributed by atoms with Crippen LogP contribution in [0.3, 0.4) is 0 Å². The van der Waals surface area contributed by atoms with Gasteiger partial charge in [0.15, 0.2) is 5.69 Å². The van der Waals surface area contributed by atoms with E-state index in [1.54, 1.807) is 48.8 Å². The third-order valence-corrected chi connectivity index (χ3v) is 4.55. The molecule has 0 saturated carbocycles. The lowest BCUT2D eigenvalue weighted by molar-refractivity contribution is 0.973. The molecule has 4 aromatic rings. The highest BCUT2D eigenvalue weighted by molar-refractivity contribution is 6.32. The summed E-state index contributed by atoms with van der Waals surface area (Å²) in [7, 11) is 0. The number of benzene rings is 2. The number of aromatic nitrogens is 3. The number of nitrogens with zero attached hydrogens (tertiary/aromatic N) is 4. The molecule has 0 aliphatic rings. The second-order valence-corrected chi connectivity index (χ2v) is 6.62. The van der Waals surface area contributed by atoms with E-state index in [1.165, 1.54) is 4.57 Å². The van der Waals surface area contributed by atoms with E-state index in [1.807, 2.05) is 19.1 Å². The first kappa shape index (κ1) is 17.7. The van der Waals surface area contributed by atoms with Gasteiger partial charge in [0.05, 0.1) is 40.1 Å². The summed E-state index contributed by atoms with van der Waals surface area (Å²) in [6, 6.07) is 13.9. The van der Waals surface area contributed by atoms with Gasteiger partial charge in [-0.2, -0.15) is 0 Å². The topological polar surface area (TPSA) is 64.2 Å². The van der Waals surface area contributed by atoms with Gasteiger partial charge in [-0.25, -0.2) is 14.4 Å². The SMILES string of the molecule is [C-]#[N+]c1ccc2nc(Nc3cccnc3)n(-c3ccc(C)cc3Cl)c(=O)c2c1. The van der Waals surface area contributed by atoms with Crippen molar-refractivity contribution in [3.8, 4) is 5.69 Å². The van der Waals surface area contributed by atoms with Gasteiger partial charge in [0.25, 0.3) is 5.56 Å². The molecule has 0 unspecified atom stereocenters. The van der Waals surface area contributed by atoms with Crippen LogP contribution in [0.1, 0.15) is 5.56 Å². The summed E-state index contributed by atoms with van der Waals surface area (Å²) in [4.78, 5) is 25.5. The molecule has 136 valence electrons. The Labute approximate surface area is 165 Å². The van der Waals surface area contributed by atoms with Crippen LogP contribution in [0.5, 0.6) is 0 Å². The van der Waals surface area contributed by atoms with Crippen molar-refractivity contribution in [2.45, 2.75) is 6.92 Å². The van der Waals surface area contributed by atoms with Gasteiger partial charge in [-0.3, -0.25) is 9.78 Å². The lowest BCUT2D eigenvalue weighted by Gasteiger charge is -2.16. The van der Waals surface area contributed by atoms with Crippen LogP contribution in [-0.4, -0.2) is 14.5 Å². The molecule has 0 spiro atoms. The summed E-state index contributed by atoms with van der Waals surface area (Å²) < 4.78 is 1.42. The van der Waals surface area contributed by atoms with Crippen molar-refractivity contribution in [2.75, 3.05) is 5.32 Å². The minimum atomic E-state index is -0.312. The summed E-state index contributed by atoms with van der Waals surface area (Å²) >= 11 is 6.44. The highest BCUT2D eigenvalue weighted by Gasteiger charge is 2.16. The summed E-state index contributed by atoms with van der Waals surface area (Å²) in [5.41, 5.74) is 2.72. The highest BCUT2D eigenvalue weighted by Crippen LogP contribution is 2.27. The first-order valence-electron chi connectivity index (χ1n) is 8.44. The van der Waals surface area contributed by atoms with Crippen molar-refractivity contribution in [1.29, 1.82) is 0 Å². The first-order chi connectivity index (χ1) is 13.6. The monoisotopic (exact) mass is 387 g/mol. The number of hydrogen-bond donors (Lipinski definition) is 1. The Morgan fingerprint density at radius 1 is 1.18 bits per heavy atom. The molecule has 0 saturated heterocycles. The van der Waals surface area contributed by atoms with Gasteiger partial charge in [-0.1, -0.05) is 23.7 Å². The van der Waals surface area contributed by atoms with Crippen molar-refractivity contribution in [3.05, 3.63) is 93.3 Å². The molecule has 0 fully saturated rings. The maximum absolute atomic E-state index is 13.4. The predicted octanol–water partition coefficient (Wildman–Crippen LogP) is 5.04. The van der Waals surface area contributed by atoms with Gasteiger partial charge in [-0.15, -0.1) is 0 Å². The number of rotatable bonds is 3. The number of nitrogens with one attached hydrogen (secondary N) is 1. The Balaban J connectivity index is 2.03. The number of pyridine rings is 1. The van der Waals surface area contributed by atoms with Crippen LogP contribution in [0, 0.1) is 13.5 Å². The molecule has 0 aliphatic carbocycles. The summed E-state index contributed by atoms with van der Waals surface area (Å²) in [5, 5.41) is 3.92. The number of aryl methyl sites for hydroxylation is 1. The van der Waals surface area contributed by atoms with Gasteiger partial charge in [0, 0.05) is 6.20 Å². The van der Waals surface area contributed by atoms with E-state index in [0.29, 0.717) is 38.9 Å². The number of fused-ring (bicyclic) bond motifs is 1. The van der Waals surface area contributed by atoms with Crippen LogP contribution < -0.4 is 10.9 Å². The fourth-order valence-electron chi connectivity index (χ4n) is 2.91. The second kappa shape index (κ2) is 7.14. The van der Waals surface area contributed by atoms with E-state index in [4.69, 9.17) is 18.2 Å². The molecule has 4 rings (SSSR count). The molecule has 28 heavy (non-hydrogen) atoms. The average molecular weight is 388 g/mol. The summed E-state index contributed by atoms with van der Waals surface area (Å²) in [5.74, 6) is 0.312. The van der Waals surface area contributed by atoms with Crippen molar-refractivity contribution >= 4 is 39.8 Å². The molecule has 0 amide bonds. The molecule has 0 atom stereocenters. The van der Waals surface area contributed by atoms with Crippen molar-refractivity contribution < 1.29 is 0 Å². The smallest absolute Gasteiger partial charge is 0.266 e. The maximum Gasteiger partial charge on any atom is 0.266 e. The largest absolute Gasteiger partial charge is 0.324 e. The Kier molecular flexibility index (Phi) is 4.52. The summed E-state index contributed by atoms with van der Waals surface area (Å²) in [6.07, 6.45) is 3.30. The highest BCUT2D eigenvalue weighted by atomic mass is 35.5. The Bertz CT molecular complexity index is 1290. The van der Waals surface area contributed by atoms with Gasteiger partial charge < -0.3 is 5.32 Å². The standard InChI is InChI=1S/C21H14ClN5O/c1-13-5-8-19(17(22)10-13)27-20(28)16-11-14(23-2)6-7-18(16)26-21(27)25-15-4-3-9-24-12-15/h3-12H,1H3,(H,25,26). The number of halogens is 1. The molecule has 1 N–H and O–H groups in total. The fourth-order valence-corrected chi connectivity index (χ4v) is 3.23. The van der Waals surface area contributed by atoms with Crippen molar-refractivity contribution in [3.63, 3.8) is 0 Å². The molecular weight excluding hydrogens is 374 g/mol. The van der Waals surface area contributed by atoms with Crippen LogP contribution >= 0.6 is 11.6 Å². The van der Waals surface area contributed by atoms with Gasteiger partial charge >= 0.3 is 0 Å². The fraction of sp³-hybridized carbons (Fsp3) is 0.0476. The van der Waals surface area contributed by atoms with E-state index in [2.05, 4.69) is 20.1 Å². The van der Waals surface area contributed by atoms with Gasteiger partial charge in [0.1, 0.15) is 0 Å². The van der Waals surface area contributed by atoms with Crippen LogP contribution in [0.4, 0.5) is 17.3 Å². The normalized spacial score (nSPS) is 10.6. The zero-order valence-corrected chi connectivity index (χ0v) is 15.6. The Morgan fingerprint density at radius 3 is 2.75 bits per heavy atom. The Hall–Kier alpha value is -3.69.